The molecule has 0 heterocycles. The number of nitro groups is 1. The van der Waals surface area contributed by atoms with Crippen molar-refractivity contribution in [3.8, 4) is 5.75 Å². The van der Waals surface area contributed by atoms with Gasteiger partial charge >= 0.3 is 5.69 Å². The minimum Gasteiger partial charge on any atom is -0.490 e. The second-order valence-electron chi connectivity index (χ2n) is 5.31. The van der Waals surface area contributed by atoms with Crippen LogP contribution < -0.4 is 20.7 Å². The number of anilines is 2. The number of nitrogens with zero attached hydrogens (tertiary/aromatic N) is 1. The molecule has 2 aromatic rings. The molecule has 0 aromatic heterocycles. The molecule has 0 aliphatic rings. The summed E-state index contributed by atoms with van der Waals surface area (Å²) in [4.78, 5) is 33.7. The molecule has 9 nitrogen and oxygen atoms in total. The fourth-order valence-corrected chi connectivity index (χ4v) is 2.40. The van der Waals surface area contributed by atoms with Crippen molar-refractivity contribution >= 4 is 46.2 Å². The predicted octanol–water partition coefficient (Wildman–Crippen LogP) is 2.69. The summed E-state index contributed by atoms with van der Waals surface area (Å²) in [5.41, 5.74) is 0.925. The molecular weight excluding hydrogens is 372 g/mol. The number of hydrogen-bond acceptors (Lipinski definition) is 6. The average Bonchev–Trinajstić information content (AvgIpc) is 2.62. The van der Waals surface area contributed by atoms with Gasteiger partial charge in [-0.05, 0) is 48.6 Å². The van der Waals surface area contributed by atoms with Crippen molar-refractivity contribution in [1.29, 1.82) is 0 Å². The smallest absolute Gasteiger partial charge is 0.311 e. The van der Waals surface area contributed by atoms with Crippen LogP contribution in [0.15, 0.2) is 42.5 Å². The number of nitro benzene ring substituents is 1. The molecule has 2 amide bonds. The Balaban J connectivity index is 2.08. The molecular formula is C17H16N4O5S. The van der Waals surface area contributed by atoms with Crippen molar-refractivity contribution < 1.29 is 19.2 Å². The summed E-state index contributed by atoms with van der Waals surface area (Å²) in [6.45, 7) is 1.34. The SMILES string of the molecule is COc1ccc(C(=O)Nc2ccc(NC(=S)NC(C)=O)cc2)cc1[N+](=O)[O-]. The van der Waals surface area contributed by atoms with Crippen LogP contribution in [-0.2, 0) is 4.79 Å². The number of rotatable bonds is 5. The third-order valence-corrected chi connectivity index (χ3v) is 3.53. The summed E-state index contributed by atoms with van der Waals surface area (Å²) in [5, 5.41) is 19.1. The highest BCUT2D eigenvalue weighted by Gasteiger charge is 2.18. The van der Waals surface area contributed by atoms with Gasteiger partial charge in [-0.2, -0.15) is 0 Å². The van der Waals surface area contributed by atoms with Gasteiger partial charge in [0.05, 0.1) is 12.0 Å². The molecule has 2 rings (SSSR count). The summed E-state index contributed by atoms with van der Waals surface area (Å²) in [6.07, 6.45) is 0. The van der Waals surface area contributed by atoms with Gasteiger partial charge in [0.15, 0.2) is 10.9 Å². The zero-order valence-electron chi connectivity index (χ0n) is 14.4. The third-order valence-electron chi connectivity index (χ3n) is 3.33. The molecule has 0 fully saturated rings. The fourth-order valence-electron chi connectivity index (χ4n) is 2.14. The van der Waals surface area contributed by atoms with E-state index in [2.05, 4.69) is 16.0 Å². The van der Waals surface area contributed by atoms with E-state index in [0.717, 1.165) is 6.07 Å². The number of hydrogen-bond donors (Lipinski definition) is 3. The van der Waals surface area contributed by atoms with Gasteiger partial charge in [-0.25, -0.2) is 0 Å². The molecule has 27 heavy (non-hydrogen) atoms. The standard InChI is InChI=1S/C17H16N4O5S/c1-10(22)18-17(27)20-13-6-4-12(5-7-13)19-16(23)11-3-8-15(26-2)14(9-11)21(24)25/h3-9H,1-2H3,(H,19,23)(H2,18,20,22,27). The first kappa shape index (κ1) is 19.8. The number of amides is 2. The highest BCUT2D eigenvalue weighted by molar-refractivity contribution is 7.80. The molecule has 10 heteroatoms. The van der Waals surface area contributed by atoms with E-state index in [1.165, 1.54) is 26.2 Å². The lowest BCUT2D eigenvalue weighted by molar-refractivity contribution is -0.385. The average molecular weight is 388 g/mol. The third kappa shape index (κ3) is 5.47. The zero-order valence-corrected chi connectivity index (χ0v) is 15.3. The van der Waals surface area contributed by atoms with Crippen molar-refractivity contribution in [2.75, 3.05) is 17.7 Å². The highest BCUT2D eigenvalue weighted by atomic mass is 32.1. The Morgan fingerprint density at radius 2 is 1.67 bits per heavy atom. The fraction of sp³-hybridized carbons (Fsp3) is 0.118. The number of thiocarbonyl (C=S) groups is 1. The Hall–Kier alpha value is -3.53. The molecule has 2 aromatic carbocycles. The monoisotopic (exact) mass is 388 g/mol. The van der Waals surface area contributed by atoms with E-state index in [1.54, 1.807) is 24.3 Å². The largest absolute Gasteiger partial charge is 0.490 e. The molecule has 0 aliphatic carbocycles. The van der Waals surface area contributed by atoms with Gasteiger partial charge in [-0.15, -0.1) is 0 Å². The van der Waals surface area contributed by atoms with Crippen molar-refractivity contribution in [2.45, 2.75) is 6.92 Å². The Kier molecular flexibility index (Phi) is 6.39. The Bertz CT molecular complexity index is 899. The van der Waals surface area contributed by atoms with Crippen LogP contribution in [0.3, 0.4) is 0 Å². The van der Waals surface area contributed by atoms with E-state index in [9.17, 15) is 19.7 Å². The second-order valence-corrected chi connectivity index (χ2v) is 5.72. The normalized spacial score (nSPS) is 9.85. The van der Waals surface area contributed by atoms with Gasteiger partial charge in [-0.1, -0.05) is 0 Å². The summed E-state index contributed by atoms with van der Waals surface area (Å²) in [7, 11) is 1.31. The lowest BCUT2D eigenvalue weighted by atomic mass is 10.1. The summed E-state index contributed by atoms with van der Waals surface area (Å²) in [6, 6.07) is 10.5. The van der Waals surface area contributed by atoms with E-state index < -0.39 is 10.8 Å². The quantitative estimate of drug-likeness (QED) is 0.409. The topological polar surface area (TPSA) is 123 Å². The summed E-state index contributed by atoms with van der Waals surface area (Å²) < 4.78 is 4.91. The van der Waals surface area contributed by atoms with Crippen LogP contribution >= 0.6 is 12.2 Å². The van der Waals surface area contributed by atoms with Crippen LogP contribution in [0.2, 0.25) is 0 Å². The van der Waals surface area contributed by atoms with Crippen molar-refractivity contribution in [2.24, 2.45) is 0 Å². The predicted molar refractivity (Wildman–Crippen MR) is 104 cm³/mol. The second kappa shape index (κ2) is 8.72. The molecule has 0 bridgehead atoms. The van der Waals surface area contributed by atoms with Crippen molar-refractivity contribution in [3.63, 3.8) is 0 Å². The van der Waals surface area contributed by atoms with Crippen LogP contribution in [0.4, 0.5) is 17.1 Å². The van der Waals surface area contributed by atoms with Gasteiger partial charge in [0, 0.05) is 29.9 Å². The van der Waals surface area contributed by atoms with Gasteiger partial charge in [0.1, 0.15) is 0 Å². The van der Waals surface area contributed by atoms with Gasteiger partial charge < -0.3 is 20.7 Å². The number of ether oxygens (including phenoxy) is 1. The Morgan fingerprint density at radius 1 is 1.07 bits per heavy atom. The maximum Gasteiger partial charge on any atom is 0.311 e. The lowest BCUT2D eigenvalue weighted by Crippen LogP contribution is -2.32. The maximum absolute atomic E-state index is 12.3. The molecule has 0 radical (unpaired) electrons. The van der Waals surface area contributed by atoms with Crippen molar-refractivity contribution in [3.05, 3.63) is 58.1 Å². The van der Waals surface area contributed by atoms with E-state index in [4.69, 9.17) is 17.0 Å². The lowest BCUT2D eigenvalue weighted by Gasteiger charge is -2.10. The van der Waals surface area contributed by atoms with Crippen LogP contribution in [-0.4, -0.2) is 29.0 Å². The molecule has 3 N–H and O–H groups in total. The molecule has 0 saturated carbocycles. The van der Waals surface area contributed by atoms with E-state index in [-0.39, 0.29) is 28.0 Å². The minimum atomic E-state index is -0.617. The van der Waals surface area contributed by atoms with Crippen LogP contribution in [0.5, 0.6) is 5.75 Å². The zero-order chi connectivity index (χ0) is 20.0. The van der Waals surface area contributed by atoms with E-state index >= 15 is 0 Å². The van der Waals surface area contributed by atoms with Gasteiger partial charge in [0.2, 0.25) is 5.91 Å². The minimum absolute atomic E-state index is 0.0714. The highest BCUT2D eigenvalue weighted by Crippen LogP contribution is 2.27. The number of nitrogens with one attached hydrogen (secondary N) is 3. The van der Waals surface area contributed by atoms with Crippen LogP contribution in [0, 0.1) is 10.1 Å². The molecule has 0 spiro atoms. The number of carbonyl (C=O) groups excluding carboxylic acids is 2. The molecule has 0 saturated heterocycles. The first-order valence-electron chi connectivity index (χ1n) is 7.62. The molecule has 0 aliphatic heterocycles. The van der Waals surface area contributed by atoms with Crippen LogP contribution in [0.25, 0.3) is 0 Å². The first-order chi connectivity index (χ1) is 12.8. The summed E-state index contributed by atoms with van der Waals surface area (Å²) in [5.74, 6) is -0.720. The Labute approximate surface area is 159 Å². The maximum atomic E-state index is 12.3. The Morgan fingerprint density at radius 3 is 2.19 bits per heavy atom. The number of carbonyl (C=O) groups is 2. The van der Waals surface area contributed by atoms with Gasteiger partial charge in [-0.3, -0.25) is 19.7 Å². The number of methoxy groups -OCH3 is 1. The van der Waals surface area contributed by atoms with E-state index in [0.29, 0.717) is 11.4 Å². The molecule has 0 atom stereocenters. The number of benzene rings is 2. The molecule has 140 valence electrons. The summed E-state index contributed by atoms with van der Waals surface area (Å²) >= 11 is 4.95. The van der Waals surface area contributed by atoms with Gasteiger partial charge in [0.25, 0.3) is 5.91 Å². The van der Waals surface area contributed by atoms with Crippen LogP contribution in [0.1, 0.15) is 17.3 Å². The van der Waals surface area contributed by atoms with E-state index in [1.807, 2.05) is 0 Å². The van der Waals surface area contributed by atoms with Crippen molar-refractivity contribution in [1.82, 2.24) is 5.32 Å². The first-order valence-corrected chi connectivity index (χ1v) is 8.03. The molecule has 0 unspecified atom stereocenters.